The van der Waals surface area contributed by atoms with Gasteiger partial charge in [0.2, 0.25) is 5.91 Å². The fraction of sp³-hybridized carbons (Fsp3) is 0.222. The first kappa shape index (κ1) is 16.5. The molecule has 5 heteroatoms. The zero-order chi connectivity index (χ0) is 16.7. The van der Waals surface area contributed by atoms with Crippen LogP contribution in [0, 0.1) is 11.3 Å². The lowest BCUT2D eigenvalue weighted by Crippen LogP contribution is -2.30. The van der Waals surface area contributed by atoms with E-state index in [-0.39, 0.29) is 18.5 Å². The van der Waals surface area contributed by atoms with Gasteiger partial charge in [-0.15, -0.1) is 0 Å². The smallest absolute Gasteiger partial charge is 0.238 e. The molecule has 0 bridgehead atoms. The number of methoxy groups -OCH3 is 1. The van der Waals surface area contributed by atoms with Crippen molar-refractivity contribution in [2.24, 2.45) is 0 Å². The summed E-state index contributed by atoms with van der Waals surface area (Å²) in [5.41, 5.74) is 1.95. The van der Waals surface area contributed by atoms with E-state index >= 15 is 0 Å². The van der Waals surface area contributed by atoms with Gasteiger partial charge in [0.15, 0.2) is 0 Å². The molecule has 23 heavy (non-hydrogen) atoms. The van der Waals surface area contributed by atoms with Crippen LogP contribution in [0.5, 0.6) is 5.75 Å². The quantitative estimate of drug-likeness (QED) is 0.860. The van der Waals surface area contributed by atoms with E-state index < -0.39 is 0 Å². The van der Waals surface area contributed by atoms with Gasteiger partial charge >= 0.3 is 0 Å². The Balaban J connectivity index is 1.95. The topological polar surface area (TPSA) is 74.2 Å². The summed E-state index contributed by atoms with van der Waals surface area (Å²) in [7, 11) is 1.62. The van der Waals surface area contributed by atoms with Crippen molar-refractivity contribution >= 4 is 11.6 Å². The van der Waals surface area contributed by atoms with Gasteiger partial charge in [0.05, 0.1) is 24.9 Å². The van der Waals surface area contributed by atoms with Crippen molar-refractivity contribution in [3.63, 3.8) is 0 Å². The average molecular weight is 309 g/mol. The highest BCUT2D eigenvalue weighted by molar-refractivity contribution is 5.93. The number of amides is 1. The molecule has 0 fully saturated rings. The molecule has 0 heterocycles. The van der Waals surface area contributed by atoms with E-state index in [2.05, 4.69) is 16.7 Å². The van der Waals surface area contributed by atoms with Gasteiger partial charge in [-0.3, -0.25) is 4.79 Å². The number of rotatable bonds is 6. The zero-order valence-electron chi connectivity index (χ0n) is 13.2. The lowest BCUT2D eigenvalue weighted by Gasteiger charge is -2.17. The molecule has 0 aliphatic carbocycles. The molecule has 0 saturated carbocycles. The summed E-state index contributed by atoms with van der Waals surface area (Å²) in [4.78, 5) is 12.1. The van der Waals surface area contributed by atoms with Crippen LogP contribution in [-0.2, 0) is 4.79 Å². The van der Waals surface area contributed by atoms with Crippen LogP contribution in [0.2, 0.25) is 0 Å². The molecule has 1 unspecified atom stereocenters. The number of nitriles is 1. The molecule has 5 nitrogen and oxygen atoms in total. The van der Waals surface area contributed by atoms with Crippen LogP contribution in [0.1, 0.15) is 24.1 Å². The van der Waals surface area contributed by atoms with Crippen molar-refractivity contribution < 1.29 is 9.53 Å². The van der Waals surface area contributed by atoms with Crippen LogP contribution in [0.15, 0.2) is 48.5 Å². The van der Waals surface area contributed by atoms with Gasteiger partial charge in [-0.25, -0.2) is 0 Å². The molecular formula is C18H19N3O2. The maximum Gasteiger partial charge on any atom is 0.238 e. The van der Waals surface area contributed by atoms with Crippen molar-refractivity contribution in [2.45, 2.75) is 13.0 Å². The Labute approximate surface area is 135 Å². The Morgan fingerprint density at radius 2 is 1.91 bits per heavy atom. The number of ether oxygens (including phenoxy) is 1. The van der Waals surface area contributed by atoms with Crippen LogP contribution >= 0.6 is 0 Å². The SMILES string of the molecule is COc1ccccc1C(C)NCC(=O)Nc1ccccc1C#N. The molecule has 2 N–H and O–H groups in total. The van der Waals surface area contributed by atoms with Crippen molar-refractivity contribution in [1.82, 2.24) is 5.32 Å². The Hall–Kier alpha value is -2.84. The van der Waals surface area contributed by atoms with Gasteiger partial charge in [-0.2, -0.15) is 5.26 Å². The van der Waals surface area contributed by atoms with Gasteiger partial charge in [-0.1, -0.05) is 30.3 Å². The highest BCUT2D eigenvalue weighted by Gasteiger charge is 2.12. The first-order chi connectivity index (χ1) is 11.2. The van der Waals surface area contributed by atoms with E-state index in [1.165, 1.54) is 0 Å². The summed E-state index contributed by atoms with van der Waals surface area (Å²) in [6, 6.07) is 16.6. The standard InChI is InChI=1S/C18H19N3O2/c1-13(15-8-4-6-10-17(15)23-2)20-12-18(22)21-16-9-5-3-7-14(16)11-19/h3-10,13,20H,12H2,1-2H3,(H,21,22). The second-order valence-corrected chi connectivity index (χ2v) is 5.05. The minimum atomic E-state index is -0.200. The third kappa shape index (κ3) is 4.31. The Morgan fingerprint density at radius 3 is 2.65 bits per heavy atom. The van der Waals surface area contributed by atoms with Crippen molar-refractivity contribution in [3.8, 4) is 11.8 Å². The number of nitrogens with zero attached hydrogens (tertiary/aromatic N) is 1. The minimum Gasteiger partial charge on any atom is -0.496 e. The molecule has 1 amide bonds. The fourth-order valence-electron chi connectivity index (χ4n) is 2.26. The number of hydrogen-bond acceptors (Lipinski definition) is 4. The van der Waals surface area contributed by atoms with Gasteiger partial charge < -0.3 is 15.4 Å². The molecule has 0 saturated heterocycles. The molecule has 0 aliphatic heterocycles. The number of hydrogen-bond donors (Lipinski definition) is 2. The summed E-state index contributed by atoms with van der Waals surface area (Å²) in [5.74, 6) is 0.581. The first-order valence-corrected chi connectivity index (χ1v) is 7.31. The normalized spacial score (nSPS) is 11.3. The predicted octanol–water partition coefficient (Wildman–Crippen LogP) is 2.86. The molecule has 118 valence electrons. The maximum absolute atomic E-state index is 12.1. The summed E-state index contributed by atoms with van der Waals surface area (Å²) in [6.45, 7) is 2.10. The molecular weight excluding hydrogens is 290 g/mol. The lowest BCUT2D eigenvalue weighted by molar-refractivity contribution is -0.115. The van der Waals surface area contributed by atoms with E-state index in [0.29, 0.717) is 11.3 Å². The summed E-state index contributed by atoms with van der Waals surface area (Å²) in [5, 5.41) is 14.9. The van der Waals surface area contributed by atoms with Crippen LogP contribution in [-0.4, -0.2) is 19.6 Å². The maximum atomic E-state index is 12.1. The predicted molar refractivity (Wildman–Crippen MR) is 89.2 cm³/mol. The van der Waals surface area contributed by atoms with E-state index in [0.717, 1.165) is 11.3 Å². The fourth-order valence-corrected chi connectivity index (χ4v) is 2.26. The molecule has 0 aromatic heterocycles. The van der Waals surface area contributed by atoms with Gasteiger partial charge in [0.1, 0.15) is 11.8 Å². The van der Waals surface area contributed by atoms with E-state index in [4.69, 9.17) is 10.00 Å². The van der Waals surface area contributed by atoms with Crippen LogP contribution in [0.3, 0.4) is 0 Å². The third-order valence-electron chi connectivity index (χ3n) is 3.50. The summed E-state index contributed by atoms with van der Waals surface area (Å²) < 4.78 is 5.32. The number of anilines is 1. The molecule has 1 atom stereocenters. The van der Waals surface area contributed by atoms with E-state index in [1.807, 2.05) is 31.2 Å². The number of benzene rings is 2. The highest BCUT2D eigenvalue weighted by atomic mass is 16.5. The Bertz CT molecular complexity index is 722. The van der Waals surface area contributed by atoms with Gasteiger partial charge in [0, 0.05) is 11.6 Å². The summed E-state index contributed by atoms with van der Waals surface area (Å²) >= 11 is 0. The van der Waals surface area contributed by atoms with Gasteiger partial charge in [0.25, 0.3) is 0 Å². The minimum absolute atomic E-state index is 0.0388. The zero-order valence-corrected chi connectivity index (χ0v) is 13.2. The van der Waals surface area contributed by atoms with E-state index in [9.17, 15) is 4.79 Å². The number of nitrogens with one attached hydrogen (secondary N) is 2. The molecule has 2 aromatic rings. The molecule has 0 spiro atoms. The highest BCUT2D eigenvalue weighted by Crippen LogP contribution is 2.24. The van der Waals surface area contributed by atoms with Crippen molar-refractivity contribution in [3.05, 3.63) is 59.7 Å². The number of carbonyl (C=O) groups excluding carboxylic acids is 1. The average Bonchev–Trinajstić information content (AvgIpc) is 2.60. The monoisotopic (exact) mass is 309 g/mol. The van der Waals surface area contributed by atoms with Crippen molar-refractivity contribution in [2.75, 3.05) is 19.0 Å². The largest absolute Gasteiger partial charge is 0.496 e. The molecule has 2 aromatic carbocycles. The van der Waals surface area contributed by atoms with E-state index in [1.54, 1.807) is 31.4 Å². The second-order valence-electron chi connectivity index (χ2n) is 5.05. The Kier molecular flexibility index (Phi) is 5.73. The molecule has 2 rings (SSSR count). The van der Waals surface area contributed by atoms with Gasteiger partial charge in [-0.05, 0) is 25.1 Å². The van der Waals surface area contributed by atoms with Crippen LogP contribution in [0.25, 0.3) is 0 Å². The molecule has 0 aliphatic rings. The Morgan fingerprint density at radius 1 is 1.22 bits per heavy atom. The first-order valence-electron chi connectivity index (χ1n) is 7.31. The van der Waals surface area contributed by atoms with Crippen LogP contribution < -0.4 is 15.4 Å². The number of carbonyl (C=O) groups is 1. The number of para-hydroxylation sites is 2. The molecule has 0 radical (unpaired) electrons. The van der Waals surface area contributed by atoms with Crippen molar-refractivity contribution in [1.29, 1.82) is 5.26 Å². The van der Waals surface area contributed by atoms with Crippen LogP contribution in [0.4, 0.5) is 5.69 Å². The third-order valence-corrected chi connectivity index (χ3v) is 3.50. The second kappa shape index (κ2) is 7.97. The lowest BCUT2D eigenvalue weighted by atomic mass is 10.1. The summed E-state index contributed by atoms with van der Waals surface area (Å²) in [6.07, 6.45) is 0.